The Kier molecular flexibility index (Phi) is 4.67. The van der Waals surface area contributed by atoms with Gasteiger partial charge in [-0.15, -0.1) is 0 Å². The van der Waals surface area contributed by atoms with Gasteiger partial charge >= 0.3 is 0 Å². The standard InChI is InChI=1S/C15H27N3/c1-3-5-11-18-13(8-4-2)17-14(15(18)16)12-9-6-7-10-12/h12H,3-11,16H2,1-2H3. The fourth-order valence-electron chi connectivity index (χ4n) is 3.01. The van der Waals surface area contributed by atoms with Crippen LogP contribution >= 0.6 is 0 Å². The SMILES string of the molecule is CCCCn1c(CCC)nc(C2CCCC2)c1N. The average molecular weight is 249 g/mol. The third-order valence-corrected chi connectivity index (χ3v) is 4.07. The van der Waals surface area contributed by atoms with E-state index in [0.29, 0.717) is 5.92 Å². The quantitative estimate of drug-likeness (QED) is 0.831. The summed E-state index contributed by atoms with van der Waals surface area (Å²) in [5.41, 5.74) is 7.56. The van der Waals surface area contributed by atoms with Gasteiger partial charge in [-0.1, -0.05) is 33.1 Å². The van der Waals surface area contributed by atoms with Gasteiger partial charge in [0.25, 0.3) is 0 Å². The summed E-state index contributed by atoms with van der Waals surface area (Å²) in [5, 5.41) is 0. The molecule has 1 aliphatic carbocycles. The van der Waals surface area contributed by atoms with Crippen LogP contribution < -0.4 is 5.73 Å². The Morgan fingerprint density at radius 2 is 1.94 bits per heavy atom. The van der Waals surface area contributed by atoms with Gasteiger partial charge in [-0.05, 0) is 25.7 Å². The van der Waals surface area contributed by atoms with Gasteiger partial charge in [-0.2, -0.15) is 0 Å². The third kappa shape index (κ3) is 2.70. The average Bonchev–Trinajstić information content (AvgIpc) is 2.97. The number of nitrogen functional groups attached to an aromatic ring is 1. The zero-order chi connectivity index (χ0) is 13.0. The van der Waals surface area contributed by atoms with E-state index in [1.54, 1.807) is 0 Å². The van der Waals surface area contributed by atoms with Crippen LogP contribution in [0.2, 0.25) is 0 Å². The van der Waals surface area contributed by atoms with Gasteiger partial charge in [0.2, 0.25) is 0 Å². The van der Waals surface area contributed by atoms with E-state index in [1.165, 1.54) is 50.0 Å². The highest BCUT2D eigenvalue weighted by molar-refractivity contribution is 5.41. The molecule has 0 saturated heterocycles. The normalized spacial score (nSPS) is 16.6. The molecule has 0 bridgehead atoms. The number of hydrogen-bond donors (Lipinski definition) is 1. The summed E-state index contributed by atoms with van der Waals surface area (Å²) < 4.78 is 2.28. The molecular weight excluding hydrogens is 222 g/mol. The summed E-state index contributed by atoms with van der Waals surface area (Å²) in [7, 11) is 0. The molecular formula is C15H27N3. The predicted octanol–water partition coefficient (Wildman–Crippen LogP) is 3.88. The molecule has 1 saturated carbocycles. The van der Waals surface area contributed by atoms with Crippen molar-refractivity contribution in [2.45, 2.75) is 77.7 Å². The fraction of sp³-hybridized carbons (Fsp3) is 0.800. The molecule has 3 nitrogen and oxygen atoms in total. The number of nitrogens with two attached hydrogens (primary N) is 1. The van der Waals surface area contributed by atoms with Crippen molar-refractivity contribution in [3.8, 4) is 0 Å². The second-order valence-electron chi connectivity index (χ2n) is 5.54. The van der Waals surface area contributed by atoms with E-state index >= 15 is 0 Å². The van der Waals surface area contributed by atoms with Crippen molar-refractivity contribution >= 4 is 5.82 Å². The van der Waals surface area contributed by atoms with Crippen LogP contribution in [0.15, 0.2) is 0 Å². The van der Waals surface area contributed by atoms with Crippen LogP contribution in [0.1, 0.15) is 76.2 Å². The van der Waals surface area contributed by atoms with Gasteiger partial charge in [0.1, 0.15) is 11.6 Å². The Bertz CT molecular complexity index is 375. The molecule has 0 aliphatic heterocycles. The maximum absolute atomic E-state index is 6.36. The predicted molar refractivity (Wildman–Crippen MR) is 76.8 cm³/mol. The zero-order valence-electron chi connectivity index (χ0n) is 11.9. The molecule has 0 spiro atoms. The van der Waals surface area contributed by atoms with Gasteiger partial charge in [-0.3, -0.25) is 0 Å². The van der Waals surface area contributed by atoms with Crippen LogP contribution in [0, 0.1) is 0 Å². The summed E-state index contributed by atoms with van der Waals surface area (Å²) in [6.07, 6.45) is 9.85. The molecule has 1 aliphatic rings. The van der Waals surface area contributed by atoms with Crippen LogP contribution in [0.25, 0.3) is 0 Å². The molecule has 0 amide bonds. The number of anilines is 1. The molecule has 0 aromatic carbocycles. The van der Waals surface area contributed by atoms with Crippen LogP contribution in [0.5, 0.6) is 0 Å². The van der Waals surface area contributed by atoms with Gasteiger partial charge in [0, 0.05) is 18.9 Å². The van der Waals surface area contributed by atoms with Gasteiger partial charge in [0.15, 0.2) is 0 Å². The number of aryl methyl sites for hydroxylation is 1. The fourth-order valence-corrected chi connectivity index (χ4v) is 3.01. The van der Waals surface area contributed by atoms with Crippen molar-refractivity contribution in [2.24, 2.45) is 0 Å². The topological polar surface area (TPSA) is 43.8 Å². The van der Waals surface area contributed by atoms with E-state index in [2.05, 4.69) is 18.4 Å². The Morgan fingerprint density at radius 1 is 1.22 bits per heavy atom. The minimum Gasteiger partial charge on any atom is -0.384 e. The smallest absolute Gasteiger partial charge is 0.127 e. The first-order valence-electron chi connectivity index (χ1n) is 7.62. The Balaban J connectivity index is 2.24. The van der Waals surface area contributed by atoms with E-state index in [1.807, 2.05) is 0 Å². The summed E-state index contributed by atoms with van der Waals surface area (Å²) in [4.78, 5) is 4.87. The Morgan fingerprint density at radius 3 is 2.56 bits per heavy atom. The highest BCUT2D eigenvalue weighted by Crippen LogP contribution is 2.36. The summed E-state index contributed by atoms with van der Waals surface area (Å²) in [6, 6.07) is 0. The lowest BCUT2D eigenvalue weighted by molar-refractivity contribution is 0.604. The first-order valence-corrected chi connectivity index (χ1v) is 7.62. The van der Waals surface area contributed by atoms with E-state index < -0.39 is 0 Å². The number of hydrogen-bond acceptors (Lipinski definition) is 2. The Hall–Kier alpha value is -0.990. The first kappa shape index (κ1) is 13.4. The third-order valence-electron chi connectivity index (χ3n) is 4.07. The van der Waals surface area contributed by atoms with Crippen LogP contribution in [0.4, 0.5) is 5.82 Å². The van der Waals surface area contributed by atoms with Crippen molar-refractivity contribution in [3.63, 3.8) is 0 Å². The van der Waals surface area contributed by atoms with Gasteiger partial charge in [-0.25, -0.2) is 4.98 Å². The molecule has 1 aromatic rings. The van der Waals surface area contributed by atoms with Crippen molar-refractivity contribution in [1.82, 2.24) is 9.55 Å². The number of aromatic nitrogens is 2. The van der Waals surface area contributed by atoms with Crippen LogP contribution in [-0.2, 0) is 13.0 Å². The molecule has 102 valence electrons. The zero-order valence-corrected chi connectivity index (χ0v) is 11.9. The molecule has 18 heavy (non-hydrogen) atoms. The second kappa shape index (κ2) is 6.26. The highest BCUT2D eigenvalue weighted by Gasteiger charge is 2.24. The molecule has 3 heteroatoms. The molecule has 2 rings (SSSR count). The van der Waals surface area contributed by atoms with E-state index in [-0.39, 0.29) is 0 Å². The maximum atomic E-state index is 6.36. The van der Waals surface area contributed by atoms with Crippen molar-refractivity contribution < 1.29 is 0 Å². The Labute approximate surface area is 111 Å². The molecule has 2 N–H and O–H groups in total. The van der Waals surface area contributed by atoms with Crippen LogP contribution in [-0.4, -0.2) is 9.55 Å². The lowest BCUT2D eigenvalue weighted by Crippen LogP contribution is -2.08. The van der Waals surface area contributed by atoms with Gasteiger partial charge in [0.05, 0.1) is 5.69 Å². The van der Waals surface area contributed by atoms with Crippen molar-refractivity contribution in [3.05, 3.63) is 11.5 Å². The maximum Gasteiger partial charge on any atom is 0.127 e. The summed E-state index contributed by atoms with van der Waals surface area (Å²) in [6.45, 7) is 5.48. The van der Waals surface area contributed by atoms with Crippen LogP contribution in [0.3, 0.4) is 0 Å². The number of nitrogens with zero attached hydrogens (tertiary/aromatic N) is 2. The number of imidazole rings is 1. The molecule has 0 radical (unpaired) electrons. The van der Waals surface area contributed by atoms with Crippen molar-refractivity contribution in [1.29, 1.82) is 0 Å². The second-order valence-corrected chi connectivity index (χ2v) is 5.54. The molecule has 1 heterocycles. The first-order chi connectivity index (χ1) is 8.77. The minimum absolute atomic E-state index is 0.628. The van der Waals surface area contributed by atoms with Crippen molar-refractivity contribution in [2.75, 3.05) is 5.73 Å². The highest BCUT2D eigenvalue weighted by atomic mass is 15.1. The molecule has 0 unspecified atom stereocenters. The van der Waals surface area contributed by atoms with E-state index in [0.717, 1.165) is 25.2 Å². The number of rotatable bonds is 6. The summed E-state index contributed by atoms with van der Waals surface area (Å²) in [5.74, 6) is 2.80. The molecule has 1 fully saturated rings. The summed E-state index contributed by atoms with van der Waals surface area (Å²) >= 11 is 0. The lowest BCUT2D eigenvalue weighted by Gasteiger charge is -2.10. The lowest BCUT2D eigenvalue weighted by atomic mass is 10.0. The van der Waals surface area contributed by atoms with Gasteiger partial charge < -0.3 is 10.3 Å². The van der Waals surface area contributed by atoms with E-state index in [9.17, 15) is 0 Å². The molecule has 1 aromatic heterocycles. The largest absolute Gasteiger partial charge is 0.384 e. The molecule has 0 atom stereocenters. The van der Waals surface area contributed by atoms with E-state index in [4.69, 9.17) is 10.7 Å². The monoisotopic (exact) mass is 249 g/mol. The number of unbranched alkanes of at least 4 members (excludes halogenated alkanes) is 1. The minimum atomic E-state index is 0.628.